The van der Waals surface area contributed by atoms with E-state index in [4.69, 9.17) is 22.1 Å². The molecule has 1 unspecified atom stereocenters. The Balaban J connectivity index is 2.86. The second kappa shape index (κ2) is 6.84. The highest BCUT2D eigenvalue weighted by Gasteiger charge is 2.09. The maximum Gasteiger partial charge on any atom is 0.0637 e. The van der Waals surface area contributed by atoms with Crippen LogP contribution in [-0.4, -0.2) is 26.8 Å². The zero-order valence-corrected chi connectivity index (χ0v) is 11.5. The summed E-state index contributed by atoms with van der Waals surface area (Å²) in [6.45, 7) is 6.55. The number of nitrogens with zero attached hydrogens (tertiary/aromatic N) is 1. The van der Waals surface area contributed by atoms with E-state index < -0.39 is 0 Å². The minimum atomic E-state index is -0.0365. The number of nitrogens with two attached hydrogens (primary N) is 1. The van der Waals surface area contributed by atoms with E-state index >= 15 is 0 Å². The maximum atomic E-state index is 6.22. The van der Waals surface area contributed by atoms with Gasteiger partial charge in [0.05, 0.1) is 6.61 Å². The van der Waals surface area contributed by atoms with Crippen LogP contribution in [0.2, 0.25) is 5.02 Å². The fourth-order valence-electron chi connectivity index (χ4n) is 1.75. The molecule has 0 aliphatic rings. The van der Waals surface area contributed by atoms with Crippen LogP contribution in [0.4, 0.5) is 5.69 Å². The fourth-order valence-corrected chi connectivity index (χ4v) is 2.10. The van der Waals surface area contributed by atoms with E-state index in [1.165, 1.54) is 0 Å². The largest absolute Gasteiger partial charge is 0.383 e. The van der Waals surface area contributed by atoms with Crippen molar-refractivity contribution in [1.29, 1.82) is 0 Å². The molecule has 0 bridgehead atoms. The molecule has 1 rings (SSSR count). The van der Waals surface area contributed by atoms with Crippen molar-refractivity contribution in [2.75, 3.05) is 31.7 Å². The number of likely N-dealkylation sites (N-methyl/N-ethyl adjacent to an activating group) is 1. The first-order valence-electron chi connectivity index (χ1n) is 5.89. The van der Waals surface area contributed by atoms with E-state index in [1.54, 1.807) is 7.11 Å². The topological polar surface area (TPSA) is 38.5 Å². The van der Waals surface area contributed by atoms with Crippen LogP contribution in [0.1, 0.15) is 25.5 Å². The van der Waals surface area contributed by atoms with E-state index in [9.17, 15) is 0 Å². The highest BCUT2D eigenvalue weighted by atomic mass is 35.5. The van der Waals surface area contributed by atoms with Crippen LogP contribution < -0.4 is 10.6 Å². The van der Waals surface area contributed by atoms with Gasteiger partial charge in [-0.1, -0.05) is 17.7 Å². The minimum absolute atomic E-state index is 0.0365. The first-order valence-corrected chi connectivity index (χ1v) is 6.26. The molecule has 0 heterocycles. The van der Waals surface area contributed by atoms with Crippen LogP contribution in [0.15, 0.2) is 18.2 Å². The van der Waals surface area contributed by atoms with Crippen LogP contribution in [0, 0.1) is 0 Å². The minimum Gasteiger partial charge on any atom is -0.383 e. The molecule has 0 saturated carbocycles. The van der Waals surface area contributed by atoms with Crippen LogP contribution in [-0.2, 0) is 4.74 Å². The number of rotatable bonds is 6. The summed E-state index contributed by atoms with van der Waals surface area (Å²) in [5.74, 6) is 0. The Morgan fingerprint density at radius 3 is 2.65 bits per heavy atom. The van der Waals surface area contributed by atoms with Crippen molar-refractivity contribution in [3.8, 4) is 0 Å². The Bertz CT molecular complexity index is 355. The lowest BCUT2D eigenvalue weighted by atomic mass is 10.1. The quantitative estimate of drug-likeness (QED) is 0.851. The first kappa shape index (κ1) is 14.3. The Morgan fingerprint density at radius 2 is 2.18 bits per heavy atom. The molecule has 3 nitrogen and oxygen atoms in total. The van der Waals surface area contributed by atoms with Gasteiger partial charge >= 0.3 is 0 Å². The molecular formula is C13H21ClN2O. The molecule has 4 heteroatoms. The van der Waals surface area contributed by atoms with Gasteiger partial charge in [0.1, 0.15) is 0 Å². The molecule has 0 amide bonds. The van der Waals surface area contributed by atoms with E-state index in [-0.39, 0.29) is 6.04 Å². The van der Waals surface area contributed by atoms with E-state index in [2.05, 4.69) is 17.9 Å². The second-order valence-electron chi connectivity index (χ2n) is 4.07. The number of halogens is 1. The normalized spacial score (nSPS) is 12.5. The summed E-state index contributed by atoms with van der Waals surface area (Å²) >= 11 is 6.22. The lowest BCUT2D eigenvalue weighted by Gasteiger charge is -2.23. The number of benzene rings is 1. The third-order valence-corrected chi connectivity index (χ3v) is 3.11. The lowest BCUT2D eigenvalue weighted by molar-refractivity contribution is 0.205. The molecule has 0 spiro atoms. The van der Waals surface area contributed by atoms with Crippen LogP contribution in [0.3, 0.4) is 0 Å². The average molecular weight is 257 g/mol. The Labute approximate surface area is 109 Å². The van der Waals surface area contributed by atoms with Crippen LogP contribution in [0.25, 0.3) is 0 Å². The molecule has 17 heavy (non-hydrogen) atoms. The monoisotopic (exact) mass is 256 g/mol. The molecule has 1 aromatic carbocycles. The molecule has 1 atom stereocenters. The van der Waals surface area contributed by atoms with Crippen molar-refractivity contribution < 1.29 is 4.74 Å². The molecule has 0 aliphatic carbocycles. The van der Waals surface area contributed by atoms with Crippen molar-refractivity contribution >= 4 is 17.3 Å². The molecule has 0 fully saturated rings. The summed E-state index contributed by atoms with van der Waals surface area (Å²) in [6.07, 6.45) is 0. The lowest BCUT2D eigenvalue weighted by Crippen LogP contribution is -2.26. The second-order valence-corrected chi connectivity index (χ2v) is 4.47. The smallest absolute Gasteiger partial charge is 0.0637 e. The van der Waals surface area contributed by atoms with E-state index in [0.29, 0.717) is 6.61 Å². The Kier molecular flexibility index (Phi) is 5.75. The molecule has 0 saturated heterocycles. The summed E-state index contributed by atoms with van der Waals surface area (Å²) in [5.41, 5.74) is 7.93. The number of ether oxygens (including phenoxy) is 1. The molecule has 1 aromatic rings. The maximum absolute atomic E-state index is 6.22. The Morgan fingerprint density at radius 1 is 1.47 bits per heavy atom. The van der Waals surface area contributed by atoms with Gasteiger partial charge in [-0.25, -0.2) is 0 Å². The van der Waals surface area contributed by atoms with Crippen molar-refractivity contribution in [2.24, 2.45) is 5.73 Å². The molecule has 2 N–H and O–H groups in total. The number of hydrogen-bond acceptors (Lipinski definition) is 3. The summed E-state index contributed by atoms with van der Waals surface area (Å²) in [7, 11) is 1.71. The molecule has 0 radical (unpaired) electrons. The van der Waals surface area contributed by atoms with Gasteiger partial charge in [-0.15, -0.1) is 0 Å². The predicted molar refractivity (Wildman–Crippen MR) is 73.8 cm³/mol. The van der Waals surface area contributed by atoms with Gasteiger partial charge in [-0.2, -0.15) is 0 Å². The standard InChI is InChI=1S/C13H21ClN2O/c1-4-16(7-8-17-3)11-5-6-12(10(2)15)13(14)9-11/h5-6,9-10H,4,7-8,15H2,1-3H3. The van der Waals surface area contributed by atoms with Gasteiger partial charge in [0.25, 0.3) is 0 Å². The van der Waals surface area contributed by atoms with Gasteiger partial charge in [-0.3, -0.25) is 0 Å². The summed E-state index contributed by atoms with van der Waals surface area (Å²) in [4.78, 5) is 2.22. The van der Waals surface area contributed by atoms with Crippen molar-refractivity contribution in [1.82, 2.24) is 0 Å². The molecule has 0 aromatic heterocycles. The summed E-state index contributed by atoms with van der Waals surface area (Å²) in [6, 6.07) is 5.99. The highest BCUT2D eigenvalue weighted by Crippen LogP contribution is 2.26. The zero-order chi connectivity index (χ0) is 12.8. The predicted octanol–water partition coefficient (Wildman–Crippen LogP) is 2.83. The zero-order valence-electron chi connectivity index (χ0n) is 10.7. The van der Waals surface area contributed by atoms with E-state index in [1.807, 2.05) is 19.1 Å². The van der Waals surface area contributed by atoms with Gasteiger partial charge in [0.15, 0.2) is 0 Å². The van der Waals surface area contributed by atoms with Gasteiger partial charge in [-0.05, 0) is 31.5 Å². The highest BCUT2D eigenvalue weighted by molar-refractivity contribution is 6.31. The summed E-state index contributed by atoms with van der Waals surface area (Å²) < 4.78 is 5.09. The van der Waals surface area contributed by atoms with Gasteiger partial charge in [0, 0.05) is 37.0 Å². The third kappa shape index (κ3) is 3.87. The molecule has 0 aliphatic heterocycles. The van der Waals surface area contributed by atoms with Crippen LogP contribution in [0.5, 0.6) is 0 Å². The van der Waals surface area contributed by atoms with Crippen LogP contribution >= 0.6 is 11.6 Å². The number of anilines is 1. The molecular weight excluding hydrogens is 236 g/mol. The van der Waals surface area contributed by atoms with Crippen molar-refractivity contribution in [2.45, 2.75) is 19.9 Å². The van der Waals surface area contributed by atoms with Crippen molar-refractivity contribution in [3.63, 3.8) is 0 Å². The number of methoxy groups -OCH3 is 1. The summed E-state index contributed by atoms with van der Waals surface area (Å²) in [5, 5.41) is 0.730. The first-order chi connectivity index (χ1) is 8.10. The van der Waals surface area contributed by atoms with Gasteiger partial charge < -0.3 is 15.4 Å². The molecule has 96 valence electrons. The fraction of sp³-hybridized carbons (Fsp3) is 0.538. The number of hydrogen-bond donors (Lipinski definition) is 1. The van der Waals surface area contributed by atoms with Gasteiger partial charge in [0.2, 0.25) is 0 Å². The average Bonchev–Trinajstić information content (AvgIpc) is 2.29. The third-order valence-electron chi connectivity index (χ3n) is 2.79. The Hall–Kier alpha value is -0.770. The van der Waals surface area contributed by atoms with Crippen molar-refractivity contribution in [3.05, 3.63) is 28.8 Å². The van der Waals surface area contributed by atoms with E-state index in [0.717, 1.165) is 29.4 Å². The SMILES string of the molecule is CCN(CCOC)c1ccc(C(C)N)c(Cl)c1.